The van der Waals surface area contributed by atoms with Crippen LogP contribution in [0.25, 0.3) is 0 Å². The zero-order valence-corrected chi connectivity index (χ0v) is 16.6. The summed E-state index contributed by atoms with van der Waals surface area (Å²) in [5.74, 6) is 1.23. The van der Waals surface area contributed by atoms with Gasteiger partial charge in [-0.2, -0.15) is 4.98 Å². The summed E-state index contributed by atoms with van der Waals surface area (Å²) in [5, 5.41) is 7.12. The molecule has 0 aliphatic carbocycles. The molecule has 0 saturated carbocycles. The predicted molar refractivity (Wildman–Crippen MR) is 107 cm³/mol. The van der Waals surface area contributed by atoms with E-state index in [1.54, 1.807) is 6.20 Å². The molecule has 1 atom stereocenters. The first kappa shape index (κ1) is 19.7. The minimum atomic E-state index is -0.272. The number of carbonyl (C=O) groups excluding carboxylic acids is 1. The molecule has 2 heterocycles. The monoisotopic (exact) mass is 378 g/mol. The number of hydrogen-bond acceptors (Lipinski definition) is 5. The van der Waals surface area contributed by atoms with E-state index in [1.807, 2.05) is 69.3 Å². The van der Waals surface area contributed by atoms with Crippen LogP contribution in [0.1, 0.15) is 62.6 Å². The quantitative estimate of drug-likeness (QED) is 0.672. The summed E-state index contributed by atoms with van der Waals surface area (Å²) in [6.07, 6.45) is 3.33. The molecule has 28 heavy (non-hydrogen) atoms. The van der Waals surface area contributed by atoms with Crippen LogP contribution in [0.3, 0.4) is 0 Å². The van der Waals surface area contributed by atoms with E-state index in [2.05, 4.69) is 20.4 Å². The molecule has 1 aromatic carbocycles. The van der Waals surface area contributed by atoms with Crippen molar-refractivity contribution in [2.45, 2.75) is 51.5 Å². The SMILES string of the molecule is CC(C)(C)c1noc(CCCC(=O)NC(c2ccccc2)c2ccccn2)n1. The van der Waals surface area contributed by atoms with Gasteiger partial charge in [-0.1, -0.05) is 62.3 Å². The van der Waals surface area contributed by atoms with E-state index in [0.29, 0.717) is 31.0 Å². The predicted octanol–water partition coefficient (Wildman–Crippen LogP) is 3.99. The number of amides is 1. The van der Waals surface area contributed by atoms with Crippen molar-refractivity contribution in [3.05, 3.63) is 77.7 Å². The molecule has 0 aliphatic heterocycles. The van der Waals surface area contributed by atoms with Crippen molar-refractivity contribution in [2.75, 3.05) is 0 Å². The maximum Gasteiger partial charge on any atom is 0.226 e. The van der Waals surface area contributed by atoms with Gasteiger partial charge >= 0.3 is 0 Å². The average Bonchev–Trinajstić information content (AvgIpc) is 3.17. The molecule has 6 heteroatoms. The first-order valence-electron chi connectivity index (χ1n) is 9.52. The van der Waals surface area contributed by atoms with E-state index in [4.69, 9.17) is 4.52 Å². The highest BCUT2D eigenvalue weighted by Gasteiger charge is 2.21. The van der Waals surface area contributed by atoms with Gasteiger partial charge < -0.3 is 9.84 Å². The highest BCUT2D eigenvalue weighted by atomic mass is 16.5. The lowest BCUT2D eigenvalue weighted by molar-refractivity contribution is -0.121. The second kappa shape index (κ2) is 8.78. The van der Waals surface area contributed by atoms with Crippen molar-refractivity contribution in [3.63, 3.8) is 0 Å². The number of aryl methyl sites for hydroxylation is 1. The van der Waals surface area contributed by atoms with Gasteiger partial charge in [-0.05, 0) is 24.1 Å². The third-order valence-corrected chi connectivity index (χ3v) is 4.36. The number of hydrogen-bond donors (Lipinski definition) is 1. The topological polar surface area (TPSA) is 80.9 Å². The van der Waals surface area contributed by atoms with Crippen molar-refractivity contribution < 1.29 is 9.32 Å². The van der Waals surface area contributed by atoms with Gasteiger partial charge in [-0.25, -0.2) is 0 Å². The average molecular weight is 378 g/mol. The van der Waals surface area contributed by atoms with Crippen LogP contribution in [-0.4, -0.2) is 21.0 Å². The molecule has 2 aromatic heterocycles. The van der Waals surface area contributed by atoms with Crippen LogP contribution in [0.2, 0.25) is 0 Å². The van der Waals surface area contributed by atoms with Crippen molar-refractivity contribution in [1.29, 1.82) is 0 Å². The molecule has 1 amide bonds. The van der Waals surface area contributed by atoms with Gasteiger partial charge in [-0.15, -0.1) is 0 Å². The molecule has 0 radical (unpaired) electrons. The Labute approximate surface area is 165 Å². The molecule has 0 fully saturated rings. The summed E-state index contributed by atoms with van der Waals surface area (Å²) in [7, 11) is 0. The summed E-state index contributed by atoms with van der Waals surface area (Å²) in [6, 6.07) is 15.3. The van der Waals surface area contributed by atoms with Gasteiger partial charge in [0.15, 0.2) is 5.82 Å². The zero-order valence-electron chi connectivity index (χ0n) is 16.6. The largest absolute Gasteiger partial charge is 0.344 e. The highest BCUT2D eigenvalue weighted by molar-refractivity contribution is 5.76. The van der Waals surface area contributed by atoms with Crippen LogP contribution in [-0.2, 0) is 16.6 Å². The second-order valence-corrected chi connectivity index (χ2v) is 7.78. The van der Waals surface area contributed by atoms with Gasteiger partial charge in [0.25, 0.3) is 0 Å². The smallest absolute Gasteiger partial charge is 0.226 e. The maximum atomic E-state index is 12.5. The summed E-state index contributed by atoms with van der Waals surface area (Å²) >= 11 is 0. The Morgan fingerprint density at radius 1 is 1.11 bits per heavy atom. The van der Waals surface area contributed by atoms with Crippen LogP contribution < -0.4 is 5.32 Å². The van der Waals surface area contributed by atoms with Crippen LogP contribution >= 0.6 is 0 Å². The minimum Gasteiger partial charge on any atom is -0.344 e. The number of pyridine rings is 1. The molecule has 3 rings (SSSR count). The first-order chi connectivity index (χ1) is 13.4. The summed E-state index contributed by atoms with van der Waals surface area (Å²) in [5.41, 5.74) is 1.67. The van der Waals surface area contributed by atoms with E-state index in [9.17, 15) is 4.79 Å². The molecule has 0 saturated heterocycles. The third kappa shape index (κ3) is 5.25. The van der Waals surface area contributed by atoms with E-state index < -0.39 is 0 Å². The Morgan fingerprint density at radius 2 is 1.86 bits per heavy atom. The number of benzene rings is 1. The van der Waals surface area contributed by atoms with Crippen LogP contribution in [0, 0.1) is 0 Å². The van der Waals surface area contributed by atoms with Crippen molar-refractivity contribution in [1.82, 2.24) is 20.4 Å². The Morgan fingerprint density at radius 3 is 2.50 bits per heavy atom. The van der Waals surface area contributed by atoms with Crippen LogP contribution in [0.4, 0.5) is 0 Å². The molecule has 0 bridgehead atoms. The molecule has 6 nitrogen and oxygen atoms in total. The second-order valence-electron chi connectivity index (χ2n) is 7.78. The van der Waals surface area contributed by atoms with E-state index >= 15 is 0 Å². The number of rotatable bonds is 7. The highest BCUT2D eigenvalue weighted by Crippen LogP contribution is 2.21. The fraction of sp³-hybridized carbons (Fsp3) is 0.364. The van der Waals surface area contributed by atoms with Crippen LogP contribution in [0.15, 0.2) is 59.3 Å². The Kier molecular flexibility index (Phi) is 6.19. The Balaban J connectivity index is 1.59. The van der Waals surface area contributed by atoms with Gasteiger partial charge in [-0.3, -0.25) is 9.78 Å². The molecule has 146 valence electrons. The number of nitrogens with one attached hydrogen (secondary N) is 1. The Bertz CT molecular complexity index is 846. The van der Waals surface area contributed by atoms with E-state index in [0.717, 1.165) is 11.3 Å². The van der Waals surface area contributed by atoms with Gasteiger partial charge in [0, 0.05) is 24.5 Å². The van der Waals surface area contributed by atoms with Crippen molar-refractivity contribution in [2.24, 2.45) is 0 Å². The summed E-state index contributed by atoms with van der Waals surface area (Å²) < 4.78 is 5.29. The molecule has 0 aliphatic rings. The standard InChI is InChI=1S/C22H26N4O2/c1-22(2,3)21-25-19(28-26-21)14-9-13-18(27)24-20(16-10-5-4-6-11-16)17-12-7-8-15-23-17/h4-8,10-12,15,20H,9,13-14H2,1-3H3,(H,24,27). The lowest BCUT2D eigenvalue weighted by Crippen LogP contribution is -2.29. The van der Waals surface area contributed by atoms with Crippen molar-refractivity contribution in [3.8, 4) is 0 Å². The van der Waals surface area contributed by atoms with Gasteiger partial charge in [0.2, 0.25) is 11.8 Å². The zero-order chi connectivity index (χ0) is 20.0. The lowest BCUT2D eigenvalue weighted by atomic mass is 9.96. The minimum absolute atomic E-state index is 0.0323. The lowest BCUT2D eigenvalue weighted by Gasteiger charge is -2.18. The number of aromatic nitrogens is 3. The van der Waals surface area contributed by atoms with Gasteiger partial charge in [0.1, 0.15) is 0 Å². The third-order valence-electron chi connectivity index (χ3n) is 4.36. The maximum absolute atomic E-state index is 12.5. The Hall–Kier alpha value is -3.02. The molecule has 1 N–H and O–H groups in total. The molecule has 1 unspecified atom stereocenters. The first-order valence-corrected chi connectivity index (χ1v) is 9.52. The molecule has 3 aromatic rings. The summed E-state index contributed by atoms with van der Waals surface area (Å²) in [4.78, 5) is 21.4. The molecular weight excluding hydrogens is 352 g/mol. The number of nitrogens with zero attached hydrogens (tertiary/aromatic N) is 3. The van der Waals surface area contributed by atoms with Crippen molar-refractivity contribution >= 4 is 5.91 Å². The van der Waals surface area contributed by atoms with Crippen LogP contribution in [0.5, 0.6) is 0 Å². The normalized spacial score (nSPS) is 12.5. The molecular formula is C22H26N4O2. The summed E-state index contributed by atoms with van der Waals surface area (Å²) in [6.45, 7) is 6.11. The van der Waals surface area contributed by atoms with E-state index in [1.165, 1.54) is 0 Å². The fourth-order valence-corrected chi connectivity index (χ4v) is 2.81. The van der Waals surface area contributed by atoms with E-state index in [-0.39, 0.29) is 17.4 Å². The molecule has 0 spiro atoms. The fourth-order valence-electron chi connectivity index (χ4n) is 2.81. The van der Waals surface area contributed by atoms with Gasteiger partial charge in [0.05, 0.1) is 11.7 Å². The number of carbonyl (C=O) groups is 1.